The van der Waals surface area contributed by atoms with Gasteiger partial charge in [0.25, 0.3) is 5.91 Å². The number of carbonyl (C=O) groups excluding carboxylic acids is 1. The normalized spacial score (nSPS) is 10.2. The third kappa shape index (κ3) is 3.32. The summed E-state index contributed by atoms with van der Waals surface area (Å²) in [6.07, 6.45) is 1.08. The van der Waals surface area contributed by atoms with Gasteiger partial charge in [-0.15, -0.1) is 0 Å². The van der Waals surface area contributed by atoms with Gasteiger partial charge in [-0.2, -0.15) is 0 Å². The van der Waals surface area contributed by atoms with Crippen LogP contribution in [0.4, 0.5) is 15.9 Å². The first-order valence-corrected chi connectivity index (χ1v) is 6.37. The first kappa shape index (κ1) is 14.0. The van der Waals surface area contributed by atoms with Gasteiger partial charge in [0.05, 0.1) is 11.8 Å². The summed E-state index contributed by atoms with van der Waals surface area (Å²) in [7, 11) is 0. The maximum Gasteiger partial charge on any atom is 0.259 e. The quantitative estimate of drug-likeness (QED) is 0.899. The fourth-order valence-corrected chi connectivity index (χ4v) is 1.76. The van der Waals surface area contributed by atoms with Crippen LogP contribution < -0.4 is 10.6 Å². The number of rotatable bonds is 4. The molecule has 0 bridgehead atoms. The second-order valence-corrected chi connectivity index (χ2v) is 4.40. The van der Waals surface area contributed by atoms with Crippen LogP contribution in [-0.4, -0.2) is 17.4 Å². The lowest BCUT2D eigenvalue weighted by Crippen LogP contribution is -2.16. The smallest absolute Gasteiger partial charge is 0.259 e. The zero-order valence-electron chi connectivity index (χ0n) is 11.4. The summed E-state index contributed by atoms with van der Waals surface area (Å²) in [4.78, 5) is 16.1. The molecule has 5 heteroatoms. The molecular formula is C15H16FN3O. The number of aryl methyl sites for hydroxylation is 1. The Morgan fingerprint density at radius 1 is 1.30 bits per heavy atom. The molecule has 104 valence electrons. The van der Waals surface area contributed by atoms with E-state index < -0.39 is 11.7 Å². The number of nitrogens with zero attached hydrogens (tertiary/aromatic N) is 1. The summed E-state index contributed by atoms with van der Waals surface area (Å²) in [5.41, 5.74) is 1.95. The predicted molar refractivity (Wildman–Crippen MR) is 77.5 cm³/mol. The van der Waals surface area contributed by atoms with E-state index in [1.54, 1.807) is 12.1 Å². The average molecular weight is 273 g/mol. The van der Waals surface area contributed by atoms with Crippen molar-refractivity contribution in [2.24, 2.45) is 0 Å². The molecule has 2 N–H and O–H groups in total. The van der Waals surface area contributed by atoms with Gasteiger partial charge in [-0.25, -0.2) is 9.37 Å². The molecule has 0 radical (unpaired) electrons. The molecular weight excluding hydrogens is 257 g/mol. The van der Waals surface area contributed by atoms with Crippen molar-refractivity contribution >= 4 is 17.4 Å². The lowest BCUT2D eigenvalue weighted by atomic mass is 10.2. The minimum absolute atomic E-state index is 0.187. The van der Waals surface area contributed by atoms with Gasteiger partial charge in [0.2, 0.25) is 0 Å². The van der Waals surface area contributed by atoms with Crippen molar-refractivity contribution in [1.29, 1.82) is 0 Å². The second kappa shape index (κ2) is 6.14. The number of amides is 1. The summed E-state index contributed by atoms with van der Waals surface area (Å²) < 4.78 is 13.3. The summed E-state index contributed by atoms with van der Waals surface area (Å²) in [6.45, 7) is 4.45. The van der Waals surface area contributed by atoms with Crippen LogP contribution in [0.15, 0.2) is 36.5 Å². The van der Waals surface area contributed by atoms with Crippen molar-refractivity contribution in [2.45, 2.75) is 13.8 Å². The van der Waals surface area contributed by atoms with Crippen molar-refractivity contribution in [1.82, 2.24) is 4.98 Å². The highest BCUT2D eigenvalue weighted by atomic mass is 19.1. The molecule has 2 aromatic rings. The Kier molecular flexibility index (Phi) is 4.30. The summed E-state index contributed by atoms with van der Waals surface area (Å²) in [6, 6.07) is 8.56. The highest BCUT2D eigenvalue weighted by Crippen LogP contribution is 2.16. The molecule has 1 aromatic carbocycles. The van der Waals surface area contributed by atoms with Crippen molar-refractivity contribution in [3.05, 3.63) is 53.5 Å². The molecule has 20 heavy (non-hydrogen) atoms. The topological polar surface area (TPSA) is 54.0 Å². The number of hydrogen-bond donors (Lipinski definition) is 2. The Bertz CT molecular complexity index is 611. The highest BCUT2D eigenvalue weighted by molar-refractivity contribution is 6.07. The van der Waals surface area contributed by atoms with Gasteiger partial charge in [-0.05, 0) is 32.0 Å². The number of pyridine rings is 1. The fraction of sp³-hybridized carbons (Fsp3) is 0.200. The van der Waals surface area contributed by atoms with Gasteiger partial charge >= 0.3 is 0 Å². The van der Waals surface area contributed by atoms with Crippen LogP contribution in [0.2, 0.25) is 0 Å². The van der Waals surface area contributed by atoms with Crippen molar-refractivity contribution in [3.8, 4) is 0 Å². The number of hydrogen-bond acceptors (Lipinski definition) is 3. The van der Waals surface area contributed by atoms with E-state index in [1.165, 1.54) is 6.07 Å². The second-order valence-electron chi connectivity index (χ2n) is 4.40. The monoisotopic (exact) mass is 273 g/mol. The summed E-state index contributed by atoms with van der Waals surface area (Å²) in [5.74, 6) is -0.559. The van der Waals surface area contributed by atoms with E-state index in [0.29, 0.717) is 18.1 Å². The SMILES string of the molecule is CCNc1ncc(F)cc1C(=O)Nc1ccc(C)cc1. The largest absolute Gasteiger partial charge is 0.370 e. The van der Waals surface area contributed by atoms with Crippen LogP contribution in [0, 0.1) is 12.7 Å². The predicted octanol–water partition coefficient (Wildman–Crippen LogP) is 3.21. The molecule has 4 nitrogen and oxygen atoms in total. The van der Waals surface area contributed by atoms with E-state index in [4.69, 9.17) is 0 Å². The Morgan fingerprint density at radius 2 is 2.00 bits per heavy atom. The first-order chi connectivity index (χ1) is 9.60. The molecule has 0 unspecified atom stereocenters. The molecule has 0 spiro atoms. The van der Waals surface area contributed by atoms with E-state index in [2.05, 4.69) is 15.6 Å². The molecule has 1 heterocycles. The lowest BCUT2D eigenvalue weighted by molar-refractivity contribution is 0.102. The van der Waals surface area contributed by atoms with Gasteiger partial charge < -0.3 is 10.6 Å². The molecule has 0 aliphatic rings. The van der Waals surface area contributed by atoms with Crippen LogP contribution in [0.25, 0.3) is 0 Å². The number of benzene rings is 1. The van der Waals surface area contributed by atoms with Crippen molar-refractivity contribution < 1.29 is 9.18 Å². The maximum atomic E-state index is 13.3. The molecule has 0 aliphatic heterocycles. The Labute approximate surface area is 117 Å². The summed E-state index contributed by atoms with van der Waals surface area (Å²) >= 11 is 0. The van der Waals surface area contributed by atoms with Gasteiger partial charge in [0, 0.05) is 12.2 Å². The van der Waals surface area contributed by atoms with E-state index in [1.807, 2.05) is 26.0 Å². The van der Waals surface area contributed by atoms with E-state index in [0.717, 1.165) is 11.8 Å². The number of halogens is 1. The Morgan fingerprint density at radius 3 is 2.65 bits per heavy atom. The minimum Gasteiger partial charge on any atom is -0.370 e. The van der Waals surface area contributed by atoms with Crippen molar-refractivity contribution in [2.75, 3.05) is 17.2 Å². The molecule has 0 saturated heterocycles. The van der Waals surface area contributed by atoms with Crippen molar-refractivity contribution in [3.63, 3.8) is 0 Å². The van der Waals surface area contributed by atoms with Gasteiger partial charge in [-0.3, -0.25) is 4.79 Å². The van der Waals surface area contributed by atoms with Gasteiger partial charge in [0.15, 0.2) is 0 Å². The zero-order chi connectivity index (χ0) is 14.5. The van der Waals surface area contributed by atoms with E-state index in [-0.39, 0.29) is 5.56 Å². The summed E-state index contributed by atoms with van der Waals surface area (Å²) in [5, 5.41) is 5.67. The Hall–Kier alpha value is -2.43. The molecule has 0 atom stereocenters. The van der Waals surface area contributed by atoms with Crippen LogP contribution in [0.1, 0.15) is 22.8 Å². The van der Waals surface area contributed by atoms with E-state index >= 15 is 0 Å². The number of carbonyl (C=O) groups is 1. The van der Waals surface area contributed by atoms with Crippen LogP contribution in [0.5, 0.6) is 0 Å². The highest BCUT2D eigenvalue weighted by Gasteiger charge is 2.14. The first-order valence-electron chi connectivity index (χ1n) is 6.37. The van der Waals surface area contributed by atoms with Crippen LogP contribution in [0.3, 0.4) is 0 Å². The Balaban J connectivity index is 2.23. The minimum atomic E-state index is -0.541. The molecule has 1 amide bonds. The van der Waals surface area contributed by atoms with Crippen LogP contribution >= 0.6 is 0 Å². The van der Waals surface area contributed by atoms with Crippen LogP contribution in [-0.2, 0) is 0 Å². The maximum absolute atomic E-state index is 13.3. The van der Waals surface area contributed by atoms with Gasteiger partial charge in [0.1, 0.15) is 11.6 Å². The lowest BCUT2D eigenvalue weighted by Gasteiger charge is -2.10. The average Bonchev–Trinajstić information content (AvgIpc) is 2.43. The fourth-order valence-electron chi connectivity index (χ4n) is 1.76. The molecule has 1 aromatic heterocycles. The number of nitrogens with one attached hydrogen (secondary N) is 2. The molecule has 0 aliphatic carbocycles. The number of anilines is 2. The molecule has 0 fully saturated rings. The number of aromatic nitrogens is 1. The standard InChI is InChI=1S/C15H16FN3O/c1-3-17-14-13(8-11(16)9-18-14)15(20)19-12-6-4-10(2)5-7-12/h4-9H,3H2,1-2H3,(H,17,18)(H,19,20). The molecule has 0 saturated carbocycles. The van der Waals surface area contributed by atoms with E-state index in [9.17, 15) is 9.18 Å². The molecule has 2 rings (SSSR count). The third-order valence-corrected chi connectivity index (χ3v) is 2.75. The third-order valence-electron chi connectivity index (χ3n) is 2.75. The zero-order valence-corrected chi connectivity index (χ0v) is 11.4. The van der Waals surface area contributed by atoms with Gasteiger partial charge in [-0.1, -0.05) is 17.7 Å².